The molecule has 0 unspecified atom stereocenters. The Bertz CT molecular complexity index is 1350. The average Bonchev–Trinajstić information content (AvgIpc) is 3.09. The van der Waals surface area contributed by atoms with E-state index in [1.165, 1.54) is 4.68 Å². The van der Waals surface area contributed by atoms with Crippen molar-refractivity contribution < 1.29 is 14.3 Å². The first-order valence-corrected chi connectivity index (χ1v) is 9.74. The van der Waals surface area contributed by atoms with E-state index in [0.717, 1.165) is 10.9 Å². The summed E-state index contributed by atoms with van der Waals surface area (Å²) in [4.78, 5) is 41.6. The number of para-hydroxylation sites is 1. The van der Waals surface area contributed by atoms with Crippen LogP contribution in [0.4, 0.5) is 0 Å². The van der Waals surface area contributed by atoms with E-state index in [2.05, 4.69) is 10.1 Å². The van der Waals surface area contributed by atoms with E-state index in [0.29, 0.717) is 28.6 Å². The van der Waals surface area contributed by atoms with E-state index < -0.39 is 12.1 Å². The van der Waals surface area contributed by atoms with Crippen molar-refractivity contribution in [1.29, 1.82) is 0 Å². The Labute approximate surface area is 172 Å². The molecule has 1 N–H and O–H groups in total. The fourth-order valence-electron chi connectivity index (χ4n) is 3.67. The molecule has 4 aromatic rings. The zero-order valence-corrected chi connectivity index (χ0v) is 16.9. The lowest BCUT2D eigenvalue weighted by atomic mass is 10.0. The first-order valence-electron chi connectivity index (χ1n) is 9.74. The molecule has 0 bridgehead atoms. The minimum atomic E-state index is -1.02. The van der Waals surface area contributed by atoms with Crippen molar-refractivity contribution in [1.82, 2.24) is 14.8 Å². The Morgan fingerprint density at radius 3 is 2.40 bits per heavy atom. The third kappa shape index (κ3) is 3.18. The number of nitrogens with one attached hydrogen (secondary N) is 1. The number of carbonyl (C=O) groups excluding carboxylic acids is 2. The molecule has 0 aliphatic rings. The van der Waals surface area contributed by atoms with Gasteiger partial charge in [-0.05, 0) is 32.9 Å². The molecule has 7 heteroatoms. The zero-order valence-electron chi connectivity index (χ0n) is 16.9. The van der Waals surface area contributed by atoms with Gasteiger partial charge in [0.1, 0.15) is 0 Å². The topological polar surface area (TPSA) is 94.1 Å². The molecular weight excluding hydrogens is 382 g/mol. The summed E-state index contributed by atoms with van der Waals surface area (Å²) in [6.45, 7) is 5.44. The highest BCUT2D eigenvalue weighted by atomic mass is 16.5. The second kappa shape index (κ2) is 7.59. The van der Waals surface area contributed by atoms with Crippen LogP contribution >= 0.6 is 0 Å². The number of nitrogens with zero attached hydrogens (tertiary/aromatic N) is 2. The molecule has 0 saturated heterocycles. The summed E-state index contributed by atoms with van der Waals surface area (Å²) in [5, 5.41) is 5.74. The van der Waals surface area contributed by atoms with Crippen LogP contribution in [0, 0.1) is 6.92 Å². The van der Waals surface area contributed by atoms with Crippen molar-refractivity contribution in [2.45, 2.75) is 33.4 Å². The number of aromatic amines is 1. The molecule has 4 rings (SSSR count). The summed E-state index contributed by atoms with van der Waals surface area (Å²) in [5.74, 6) is -1.04. The summed E-state index contributed by atoms with van der Waals surface area (Å²) < 4.78 is 6.71. The summed E-state index contributed by atoms with van der Waals surface area (Å²) >= 11 is 0. The molecule has 0 fully saturated rings. The summed E-state index contributed by atoms with van der Waals surface area (Å²) in [6, 6.07) is 14.2. The number of hydrogen-bond acceptors (Lipinski definition) is 5. The SMILES string of the molecule is CCn1nc(C(=O)O[C@H](C)C(=O)c2c(C)[nH]c3ccccc23)c2ccccc2c1=O. The third-order valence-corrected chi connectivity index (χ3v) is 5.15. The van der Waals surface area contributed by atoms with Crippen LogP contribution in [0.1, 0.15) is 40.4 Å². The Hall–Kier alpha value is -3.74. The van der Waals surface area contributed by atoms with E-state index in [-0.39, 0.29) is 17.0 Å². The minimum Gasteiger partial charge on any atom is -0.449 e. The second-order valence-electron chi connectivity index (χ2n) is 7.10. The zero-order chi connectivity index (χ0) is 21.4. The number of aromatic nitrogens is 3. The Balaban J connectivity index is 1.69. The molecule has 0 spiro atoms. The summed E-state index contributed by atoms with van der Waals surface area (Å²) in [6.07, 6.45) is -1.02. The van der Waals surface area contributed by atoms with Gasteiger partial charge in [0.05, 0.1) is 5.39 Å². The standard InChI is InChI=1S/C23H21N3O4/c1-4-26-22(28)16-10-6-5-9-15(16)20(25-26)23(29)30-14(3)21(27)19-13(2)24-18-12-8-7-11-17(18)19/h5-12,14,24H,4H2,1-3H3/t14-/m1/s1. The number of rotatable bonds is 5. The molecule has 152 valence electrons. The molecule has 1 atom stereocenters. The quantitative estimate of drug-likeness (QED) is 0.406. The van der Waals surface area contributed by atoms with E-state index in [9.17, 15) is 14.4 Å². The number of carbonyl (C=O) groups is 2. The molecule has 0 radical (unpaired) electrons. The number of esters is 1. The molecule has 2 aromatic carbocycles. The highest BCUT2D eigenvalue weighted by molar-refractivity contribution is 6.12. The van der Waals surface area contributed by atoms with Gasteiger partial charge in [-0.25, -0.2) is 9.48 Å². The van der Waals surface area contributed by atoms with Gasteiger partial charge in [-0.2, -0.15) is 5.10 Å². The van der Waals surface area contributed by atoms with Crippen LogP contribution in [-0.2, 0) is 11.3 Å². The maximum absolute atomic E-state index is 13.1. The molecule has 2 heterocycles. The molecule has 7 nitrogen and oxygen atoms in total. The van der Waals surface area contributed by atoms with E-state index in [4.69, 9.17) is 4.74 Å². The monoisotopic (exact) mass is 403 g/mol. The Morgan fingerprint density at radius 2 is 1.70 bits per heavy atom. The summed E-state index contributed by atoms with van der Waals surface area (Å²) in [7, 11) is 0. The molecule has 0 aliphatic carbocycles. The minimum absolute atomic E-state index is 0.0161. The Morgan fingerprint density at radius 1 is 1.07 bits per heavy atom. The molecule has 30 heavy (non-hydrogen) atoms. The van der Waals surface area contributed by atoms with Crippen LogP contribution in [0.15, 0.2) is 53.3 Å². The normalized spacial score (nSPS) is 12.2. The lowest BCUT2D eigenvalue weighted by Crippen LogP contribution is -2.29. The number of ether oxygens (including phenoxy) is 1. The lowest BCUT2D eigenvalue weighted by Gasteiger charge is -2.14. The van der Waals surface area contributed by atoms with Crippen LogP contribution in [0.2, 0.25) is 0 Å². The maximum atomic E-state index is 13.1. The van der Waals surface area contributed by atoms with Gasteiger partial charge in [-0.1, -0.05) is 36.4 Å². The van der Waals surface area contributed by atoms with E-state index in [1.54, 1.807) is 38.1 Å². The summed E-state index contributed by atoms with van der Waals surface area (Å²) in [5.41, 5.74) is 1.81. The van der Waals surface area contributed by atoms with Crippen molar-refractivity contribution >= 4 is 33.4 Å². The van der Waals surface area contributed by atoms with Gasteiger partial charge in [0.2, 0.25) is 5.78 Å². The maximum Gasteiger partial charge on any atom is 0.360 e. The van der Waals surface area contributed by atoms with Crippen molar-refractivity contribution in [3.05, 3.63) is 75.8 Å². The molecular formula is C23H21N3O4. The first-order chi connectivity index (χ1) is 14.4. The van der Waals surface area contributed by atoms with Crippen molar-refractivity contribution in [2.75, 3.05) is 0 Å². The van der Waals surface area contributed by atoms with E-state index in [1.807, 2.05) is 31.2 Å². The van der Waals surface area contributed by atoms with Gasteiger partial charge in [0.15, 0.2) is 11.8 Å². The van der Waals surface area contributed by atoms with Crippen molar-refractivity contribution in [3.8, 4) is 0 Å². The van der Waals surface area contributed by atoms with Gasteiger partial charge in [0.25, 0.3) is 5.56 Å². The number of H-pyrrole nitrogens is 1. The number of benzene rings is 2. The predicted molar refractivity (Wildman–Crippen MR) is 114 cm³/mol. The van der Waals surface area contributed by atoms with Gasteiger partial charge in [0, 0.05) is 34.1 Å². The number of hydrogen-bond donors (Lipinski definition) is 1. The molecule has 0 aliphatic heterocycles. The smallest absolute Gasteiger partial charge is 0.360 e. The molecule has 0 saturated carbocycles. The molecule has 0 amide bonds. The third-order valence-electron chi connectivity index (χ3n) is 5.15. The van der Waals surface area contributed by atoms with Crippen LogP contribution in [0.25, 0.3) is 21.7 Å². The van der Waals surface area contributed by atoms with Gasteiger partial charge < -0.3 is 9.72 Å². The largest absolute Gasteiger partial charge is 0.449 e. The predicted octanol–water partition coefficient (Wildman–Crippen LogP) is 3.63. The number of ketones is 1. The number of aryl methyl sites for hydroxylation is 2. The average molecular weight is 403 g/mol. The first kappa shape index (κ1) is 19.6. The number of fused-ring (bicyclic) bond motifs is 2. The lowest BCUT2D eigenvalue weighted by molar-refractivity contribution is 0.0313. The van der Waals surface area contributed by atoms with Crippen LogP contribution < -0.4 is 5.56 Å². The van der Waals surface area contributed by atoms with Crippen molar-refractivity contribution in [3.63, 3.8) is 0 Å². The Kier molecular flexibility index (Phi) is 4.95. The van der Waals surface area contributed by atoms with Crippen molar-refractivity contribution in [2.24, 2.45) is 0 Å². The number of Topliss-reactive ketones (excluding diaryl/α,β-unsaturated/α-hetero) is 1. The van der Waals surface area contributed by atoms with E-state index >= 15 is 0 Å². The molecule has 2 aromatic heterocycles. The van der Waals surface area contributed by atoms with Gasteiger partial charge >= 0.3 is 5.97 Å². The van der Waals surface area contributed by atoms with Crippen LogP contribution in [-0.4, -0.2) is 32.6 Å². The highest BCUT2D eigenvalue weighted by Crippen LogP contribution is 2.24. The van der Waals surface area contributed by atoms with Gasteiger partial charge in [-0.3, -0.25) is 9.59 Å². The van der Waals surface area contributed by atoms with Gasteiger partial charge in [-0.15, -0.1) is 0 Å². The van der Waals surface area contributed by atoms with Crippen LogP contribution in [0.5, 0.6) is 0 Å². The van der Waals surface area contributed by atoms with Crippen LogP contribution in [0.3, 0.4) is 0 Å². The fourth-order valence-corrected chi connectivity index (χ4v) is 3.67. The highest BCUT2D eigenvalue weighted by Gasteiger charge is 2.26. The fraction of sp³-hybridized carbons (Fsp3) is 0.217. The second-order valence-corrected chi connectivity index (χ2v) is 7.10.